The van der Waals surface area contributed by atoms with E-state index in [1.165, 1.54) is 22.5 Å². The number of para-hydroxylation sites is 1. The minimum Gasteiger partial charge on any atom is -0.496 e. The molecule has 0 atom stereocenters. The average Bonchev–Trinajstić information content (AvgIpc) is 2.78. The minimum atomic E-state index is -3.55. The predicted molar refractivity (Wildman–Crippen MR) is 132 cm³/mol. The van der Waals surface area contributed by atoms with Gasteiger partial charge in [-0.25, -0.2) is 8.42 Å². The minimum absolute atomic E-state index is 0.105. The van der Waals surface area contributed by atoms with Crippen molar-refractivity contribution in [3.63, 3.8) is 0 Å². The number of sulfonamides is 1. The van der Waals surface area contributed by atoms with Gasteiger partial charge in [0.05, 0.1) is 12.0 Å². The number of nitrogens with one attached hydrogen (secondary N) is 2. The molecule has 2 N–H and O–H groups in total. The molecule has 0 aliphatic rings. The predicted octanol–water partition coefficient (Wildman–Crippen LogP) is 4.03. The highest BCUT2D eigenvalue weighted by molar-refractivity contribution is 7.89. The van der Waals surface area contributed by atoms with Crippen molar-refractivity contribution in [1.82, 2.24) is 9.62 Å². The Morgan fingerprint density at radius 1 is 1.06 bits per heavy atom. The summed E-state index contributed by atoms with van der Waals surface area (Å²) in [5.41, 5.74) is 1.33. The lowest BCUT2D eigenvalue weighted by Gasteiger charge is -2.21. The van der Waals surface area contributed by atoms with Gasteiger partial charge in [-0.05, 0) is 61.5 Å². The third-order valence-corrected chi connectivity index (χ3v) is 6.60. The van der Waals surface area contributed by atoms with Crippen molar-refractivity contribution in [3.05, 3.63) is 60.2 Å². The number of benzene rings is 2. The van der Waals surface area contributed by atoms with E-state index in [2.05, 4.69) is 10.6 Å². The largest absolute Gasteiger partial charge is 0.496 e. The third-order valence-electron chi connectivity index (χ3n) is 4.49. The van der Waals surface area contributed by atoms with Gasteiger partial charge in [0.2, 0.25) is 15.9 Å². The molecule has 0 unspecified atom stereocenters. The van der Waals surface area contributed by atoms with Gasteiger partial charge in [0.25, 0.3) is 0 Å². The molecule has 7 nitrogen and oxygen atoms in total. The maximum Gasteiger partial charge on any atom is 0.250 e. The standard InChI is InChI=1S/C23H29N3O4S2/c1-4-16-26(17-5-2)32(28,29)20-13-11-19(12-14-20)24-23(31)25-22(27)15-10-18-8-6-7-9-21(18)30-3/h6-15H,4-5,16-17H2,1-3H3,(H2,24,25,27,31)/b15-10+. The Labute approximate surface area is 195 Å². The van der Waals surface area contributed by atoms with Crippen molar-refractivity contribution in [3.8, 4) is 5.75 Å². The first-order chi connectivity index (χ1) is 15.3. The lowest BCUT2D eigenvalue weighted by atomic mass is 10.2. The van der Waals surface area contributed by atoms with Gasteiger partial charge in [0, 0.05) is 30.4 Å². The number of carbonyl (C=O) groups is 1. The van der Waals surface area contributed by atoms with E-state index < -0.39 is 15.9 Å². The first kappa shape index (κ1) is 25.5. The smallest absolute Gasteiger partial charge is 0.250 e. The van der Waals surface area contributed by atoms with Crippen LogP contribution in [0.4, 0.5) is 5.69 Å². The second kappa shape index (κ2) is 12.3. The monoisotopic (exact) mass is 475 g/mol. The van der Waals surface area contributed by atoms with Crippen LogP contribution in [0.15, 0.2) is 59.5 Å². The summed E-state index contributed by atoms with van der Waals surface area (Å²) in [7, 11) is -1.98. The van der Waals surface area contributed by atoms with Crippen LogP contribution in [0.3, 0.4) is 0 Å². The number of amides is 1. The highest BCUT2D eigenvalue weighted by Crippen LogP contribution is 2.20. The summed E-state index contributed by atoms with van der Waals surface area (Å²) < 4.78 is 32.4. The number of nitrogens with zero attached hydrogens (tertiary/aromatic N) is 1. The first-order valence-corrected chi connectivity index (χ1v) is 12.2. The van der Waals surface area contributed by atoms with Gasteiger partial charge < -0.3 is 10.1 Å². The van der Waals surface area contributed by atoms with Gasteiger partial charge in [-0.1, -0.05) is 32.0 Å². The number of anilines is 1. The quantitative estimate of drug-likeness (QED) is 0.398. The molecule has 9 heteroatoms. The number of rotatable bonds is 10. The molecule has 2 aromatic rings. The maximum absolute atomic E-state index is 12.8. The van der Waals surface area contributed by atoms with Crippen LogP contribution < -0.4 is 15.4 Å². The number of carbonyl (C=O) groups excluding carboxylic acids is 1. The van der Waals surface area contributed by atoms with Crippen LogP contribution in [-0.4, -0.2) is 43.9 Å². The molecule has 0 aliphatic carbocycles. The molecule has 32 heavy (non-hydrogen) atoms. The van der Waals surface area contributed by atoms with E-state index in [0.29, 0.717) is 24.5 Å². The number of methoxy groups -OCH3 is 1. The van der Waals surface area contributed by atoms with E-state index in [1.54, 1.807) is 31.4 Å². The molecule has 2 aromatic carbocycles. The normalized spacial score (nSPS) is 11.5. The van der Waals surface area contributed by atoms with Crippen molar-refractivity contribution in [2.45, 2.75) is 31.6 Å². The summed E-state index contributed by atoms with van der Waals surface area (Å²) in [5.74, 6) is 0.256. The van der Waals surface area contributed by atoms with Crippen LogP contribution in [0, 0.1) is 0 Å². The Hall–Kier alpha value is -2.75. The number of hydrogen-bond donors (Lipinski definition) is 2. The molecule has 1 amide bonds. The van der Waals surface area contributed by atoms with Crippen molar-refractivity contribution >= 4 is 45.0 Å². The SMILES string of the molecule is CCCN(CCC)S(=O)(=O)c1ccc(NC(=S)NC(=O)/C=C/c2ccccc2OC)cc1. The summed E-state index contributed by atoms with van der Waals surface area (Å²) in [4.78, 5) is 12.4. The fourth-order valence-electron chi connectivity index (χ4n) is 3.00. The summed E-state index contributed by atoms with van der Waals surface area (Å²) in [5, 5.41) is 5.55. The first-order valence-electron chi connectivity index (χ1n) is 10.3. The highest BCUT2D eigenvalue weighted by Gasteiger charge is 2.22. The average molecular weight is 476 g/mol. The van der Waals surface area contributed by atoms with E-state index >= 15 is 0 Å². The van der Waals surface area contributed by atoms with Crippen LogP contribution >= 0.6 is 12.2 Å². The van der Waals surface area contributed by atoms with Crippen molar-refractivity contribution in [1.29, 1.82) is 0 Å². The molecular formula is C23H29N3O4S2. The topological polar surface area (TPSA) is 87.7 Å². The van der Waals surface area contributed by atoms with Gasteiger partial charge >= 0.3 is 0 Å². The molecule has 0 saturated carbocycles. The Morgan fingerprint density at radius 2 is 1.69 bits per heavy atom. The van der Waals surface area contributed by atoms with Gasteiger partial charge in [-0.15, -0.1) is 0 Å². The summed E-state index contributed by atoms with van der Waals surface area (Å²) in [6, 6.07) is 13.6. The third kappa shape index (κ3) is 7.15. The molecular weight excluding hydrogens is 446 g/mol. The number of thiocarbonyl (C=S) groups is 1. The van der Waals surface area contributed by atoms with E-state index in [1.807, 2.05) is 32.0 Å². The van der Waals surface area contributed by atoms with Crippen molar-refractivity contribution < 1.29 is 17.9 Å². The molecule has 0 spiro atoms. The van der Waals surface area contributed by atoms with Gasteiger partial charge in [0.15, 0.2) is 5.11 Å². The summed E-state index contributed by atoms with van der Waals surface area (Å²) in [6.45, 7) is 4.86. The summed E-state index contributed by atoms with van der Waals surface area (Å²) in [6.07, 6.45) is 4.49. The Morgan fingerprint density at radius 3 is 2.28 bits per heavy atom. The molecule has 0 aromatic heterocycles. The van der Waals surface area contributed by atoms with Crippen LogP contribution in [-0.2, 0) is 14.8 Å². The zero-order chi connectivity index (χ0) is 23.6. The van der Waals surface area contributed by atoms with E-state index in [0.717, 1.165) is 18.4 Å². The molecule has 0 saturated heterocycles. The Balaban J connectivity index is 1.99. The van der Waals surface area contributed by atoms with Crippen molar-refractivity contribution in [2.75, 3.05) is 25.5 Å². The lowest BCUT2D eigenvalue weighted by Crippen LogP contribution is -2.33. The molecule has 172 valence electrons. The molecule has 0 heterocycles. The van der Waals surface area contributed by atoms with Gasteiger partial charge in [0.1, 0.15) is 5.75 Å². The van der Waals surface area contributed by atoms with Crippen LogP contribution in [0.5, 0.6) is 5.75 Å². The van der Waals surface area contributed by atoms with E-state index in [4.69, 9.17) is 17.0 Å². The Kier molecular flexibility index (Phi) is 9.83. The van der Waals surface area contributed by atoms with Gasteiger partial charge in [-0.3, -0.25) is 10.1 Å². The fraction of sp³-hybridized carbons (Fsp3) is 0.304. The number of hydrogen-bond acceptors (Lipinski definition) is 5. The molecule has 0 aliphatic heterocycles. The van der Waals surface area contributed by atoms with E-state index in [9.17, 15) is 13.2 Å². The van der Waals surface area contributed by atoms with E-state index in [-0.39, 0.29) is 10.0 Å². The zero-order valence-electron chi connectivity index (χ0n) is 18.5. The van der Waals surface area contributed by atoms with Crippen LogP contribution in [0.25, 0.3) is 6.08 Å². The molecule has 2 rings (SSSR count). The van der Waals surface area contributed by atoms with Crippen molar-refractivity contribution in [2.24, 2.45) is 0 Å². The second-order valence-corrected chi connectivity index (χ2v) is 9.29. The summed E-state index contributed by atoms with van der Waals surface area (Å²) >= 11 is 5.18. The maximum atomic E-state index is 12.8. The second-order valence-electron chi connectivity index (χ2n) is 6.95. The van der Waals surface area contributed by atoms with Gasteiger partial charge in [-0.2, -0.15) is 4.31 Å². The Bertz CT molecular complexity index is 1050. The molecule has 0 fully saturated rings. The van der Waals surface area contributed by atoms with Crippen LogP contribution in [0.2, 0.25) is 0 Å². The highest BCUT2D eigenvalue weighted by atomic mass is 32.2. The zero-order valence-corrected chi connectivity index (χ0v) is 20.1. The fourth-order valence-corrected chi connectivity index (χ4v) is 4.84. The lowest BCUT2D eigenvalue weighted by molar-refractivity contribution is -0.115. The molecule has 0 bridgehead atoms. The molecule has 0 radical (unpaired) electrons. The van der Waals surface area contributed by atoms with Crippen LogP contribution in [0.1, 0.15) is 32.3 Å². The number of ether oxygens (including phenoxy) is 1.